The first-order valence-corrected chi connectivity index (χ1v) is 6.97. The highest BCUT2D eigenvalue weighted by Gasteiger charge is 2.29. The maximum Gasteiger partial charge on any atom is 0.355 e. The summed E-state index contributed by atoms with van der Waals surface area (Å²) >= 11 is 1.40. The van der Waals surface area contributed by atoms with Crippen molar-refractivity contribution in [2.24, 2.45) is 0 Å². The molecule has 1 heterocycles. The molecule has 1 aliphatic carbocycles. The maximum absolute atomic E-state index is 10.9. The SMILES string of the molecule is Cc1sc(NCC(C)N(C)C2CC2)nc1C(=O)O. The van der Waals surface area contributed by atoms with Gasteiger partial charge in [-0.3, -0.25) is 4.90 Å². The lowest BCUT2D eigenvalue weighted by atomic mass is 10.3. The fourth-order valence-corrected chi connectivity index (χ4v) is 2.70. The number of likely N-dealkylation sites (N-methyl/N-ethyl adjacent to an activating group) is 1. The van der Waals surface area contributed by atoms with Crippen LogP contribution in [0.5, 0.6) is 0 Å². The molecule has 0 saturated heterocycles. The van der Waals surface area contributed by atoms with Crippen LogP contribution in [0, 0.1) is 6.92 Å². The van der Waals surface area contributed by atoms with Crippen molar-refractivity contribution in [3.63, 3.8) is 0 Å². The van der Waals surface area contributed by atoms with Crippen LogP contribution in [0.25, 0.3) is 0 Å². The third-order valence-corrected chi connectivity index (χ3v) is 4.29. The van der Waals surface area contributed by atoms with Gasteiger partial charge in [-0.1, -0.05) is 0 Å². The van der Waals surface area contributed by atoms with Crippen LogP contribution in [0.2, 0.25) is 0 Å². The molecule has 0 aromatic carbocycles. The van der Waals surface area contributed by atoms with E-state index in [-0.39, 0.29) is 5.69 Å². The van der Waals surface area contributed by atoms with E-state index in [4.69, 9.17) is 5.11 Å². The quantitative estimate of drug-likeness (QED) is 0.827. The van der Waals surface area contributed by atoms with Crippen LogP contribution in [0.4, 0.5) is 5.13 Å². The molecule has 0 bridgehead atoms. The van der Waals surface area contributed by atoms with Crippen molar-refractivity contribution in [1.82, 2.24) is 9.88 Å². The van der Waals surface area contributed by atoms with Crippen LogP contribution in [-0.2, 0) is 0 Å². The summed E-state index contributed by atoms with van der Waals surface area (Å²) in [5.74, 6) is -0.958. The minimum atomic E-state index is -0.958. The number of aromatic nitrogens is 1. The van der Waals surface area contributed by atoms with E-state index < -0.39 is 5.97 Å². The van der Waals surface area contributed by atoms with Gasteiger partial charge in [0, 0.05) is 23.5 Å². The largest absolute Gasteiger partial charge is 0.476 e. The molecule has 0 radical (unpaired) electrons. The van der Waals surface area contributed by atoms with E-state index in [9.17, 15) is 4.79 Å². The van der Waals surface area contributed by atoms with Gasteiger partial charge < -0.3 is 10.4 Å². The molecule has 1 unspecified atom stereocenters. The molecule has 1 aliphatic rings. The van der Waals surface area contributed by atoms with E-state index in [0.29, 0.717) is 11.2 Å². The highest BCUT2D eigenvalue weighted by atomic mass is 32.1. The molecule has 0 aliphatic heterocycles. The lowest BCUT2D eigenvalue weighted by Crippen LogP contribution is -2.36. The molecule has 6 heteroatoms. The van der Waals surface area contributed by atoms with Crippen molar-refractivity contribution < 1.29 is 9.90 Å². The lowest BCUT2D eigenvalue weighted by Gasteiger charge is -2.24. The lowest BCUT2D eigenvalue weighted by molar-refractivity contribution is 0.0690. The first kappa shape index (κ1) is 13.3. The van der Waals surface area contributed by atoms with Crippen molar-refractivity contribution in [3.8, 4) is 0 Å². The van der Waals surface area contributed by atoms with Crippen LogP contribution >= 0.6 is 11.3 Å². The molecular weight excluding hydrogens is 250 g/mol. The van der Waals surface area contributed by atoms with Gasteiger partial charge in [0.1, 0.15) is 0 Å². The van der Waals surface area contributed by atoms with E-state index in [1.807, 2.05) is 0 Å². The van der Waals surface area contributed by atoms with E-state index in [1.165, 1.54) is 24.2 Å². The Kier molecular flexibility index (Phi) is 3.87. The molecule has 2 N–H and O–H groups in total. The zero-order chi connectivity index (χ0) is 13.3. The number of nitrogens with one attached hydrogen (secondary N) is 1. The molecule has 1 atom stereocenters. The maximum atomic E-state index is 10.9. The van der Waals surface area contributed by atoms with Gasteiger partial charge in [-0.05, 0) is 33.7 Å². The fourth-order valence-electron chi connectivity index (χ4n) is 1.89. The number of carboxylic acid groups (broad SMARTS) is 1. The van der Waals surface area contributed by atoms with Crippen molar-refractivity contribution in [3.05, 3.63) is 10.6 Å². The molecule has 5 nitrogen and oxygen atoms in total. The van der Waals surface area contributed by atoms with E-state index in [1.54, 1.807) is 6.92 Å². The fraction of sp³-hybridized carbons (Fsp3) is 0.667. The second-order valence-electron chi connectivity index (χ2n) is 4.86. The molecule has 18 heavy (non-hydrogen) atoms. The average molecular weight is 269 g/mol. The van der Waals surface area contributed by atoms with Crippen molar-refractivity contribution in [2.75, 3.05) is 18.9 Å². The van der Waals surface area contributed by atoms with Crippen LogP contribution in [0.1, 0.15) is 35.1 Å². The second-order valence-corrected chi connectivity index (χ2v) is 6.06. The number of hydrogen-bond acceptors (Lipinski definition) is 5. The topological polar surface area (TPSA) is 65.5 Å². The summed E-state index contributed by atoms with van der Waals surface area (Å²) in [6.07, 6.45) is 2.58. The standard InChI is InChI=1S/C12H19N3O2S/c1-7(15(3)9-4-5-9)6-13-12-14-10(11(16)17)8(2)18-12/h7,9H,4-6H2,1-3H3,(H,13,14)(H,16,17). The van der Waals surface area contributed by atoms with E-state index in [0.717, 1.165) is 17.5 Å². The Morgan fingerprint density at radius 2 is 2.33 bits per heavy atom. The highest BCUT2D eigenvalue weighted by Crippen LogP contribution is 2.27. The number of aryl methyl sites for hydroxylation is 1. The molecule has 0 spiro atoms. The smallest absolute Gasteiger partial charge is 0.355 e. The Bertz CT molecular complexity index is 443. The number of hydrogen-bond donors (Lipinski definition) is 2. The zero-order valence-corrected chi connectivity index (χ0v) is 11.8. The monoisotopic (exact) mass is 269 g/mol. The highest BCUT2D eigenvalue weighted by molar-refractivity contribution is 7.15. The zero-order valence-electron chi connectivity index (χ0n) is 10.9. The molecule has 1 fully saturated rings. The minimum Gasteiger partial charge on any atom is -0.476 e. The molecule has 1 saturated carbocycles. The third-order valence-electron chi connectivity index (χ3n) is 3.37. The van der Waals surface area contributed by atoms with Gasteiger partial charge in [-0.2, -0.15) is 0 Å². The van der Waals surface area contributed by atoms with Crippen LogP contribution in [0.3, 0.4) is 0 Å². The molecule has 1 aromatic heterocycles. The Morgan fingerprint density at radius 1 is 1.67 bits per heavy atom. The molecule has 2 rings (SSSR count). The molecule has 0 amide bonds. The van der Waals surface area contributed by atoms with Gasteiger partial charge in [0.05, 0.1) is 0 Å². The van der Waals surface area contributed by atoms with Crippen LogP contribution in [0.15, 0.2) is 0 Å². The number of carboxylic acids is 1. The number of carbonyl (C=O) groups is 1. The first-order chi connectivity index (χ1) is 8.49. The summed E-state index contributed by atoms with van der Waals surface area (Å²) in [4.78, 5) is 18.1. The van der Waals surface area contributed by atoms with Gasteiger partial charge in [-0.25, -0.2) is 9.78 Å². The summed E-state index contributed by atoms with van der Waals surface area (Å²) in [5, 5.41) is 12.9. The van der Waals surface area contributed by atoms with Gasteiger partial charge in [-0.15, -0.1) is 11.3 Å². The molecule has 1 aromatic rings. The van der Waals surface area contributed by atoms with Gasteiger partial charge in [0.25, 0.3) is 0 Å². The number of nitrogens with zero attached hydrogens (tertiary/aromatic N) is 2. The average Bonchev–Trinajstić information content (AvgIpc) is 3.09. The van der Waals surface area contributed by atoms with Crippen LogP contribution < -0.4 is 5.32 Å². The van der Waals surface area contributed by atoms with E-state index in [2.05, 4.69) is 29.2 Å². The molecular formula is C12H19N3O2S. The summed E-state index contributed by atoms with van der Waals surface area (Å²) in [7, 11) is 2.14. The van der Waals surface area contributed by atoms with Crippen molar-refractivity contribution in [1.29, 1.82) is 0 Å². The Labute approximate surface area is 111 Å². The third kappa shape index (κ3) is 3.00. The van der Waals surface area contributed by atoms with Gasteiger partial charge >= 0.3 is 5.97 Å². The van der Waals surface area contributed by atoms with Crippen molar-refractivity contribution in [2.45, 2.75) is 38.8 Å². The number of anilines is 1. The summed E-state index contributed by atoms with van der Waals surface area (Å²) in [6, 6.07) is 1.16. The Morgan fingerprint density at radius 3 is 2.83 bits per heavy atom. The van der Waals surface area contributed by atoms with Crippen molar-refractivity contribution >= 4 is 22.4 Å². The Balaban J connectivity index is 1.89. The summed E-state index contributed by atoms with van der Waals surface area (Å²) < 4.78 is 0. The normalized spacial score (nSPS) is 16.9. The Hall–Kier alpha value is -1.14. The van der Waals surface area contributed by atoms with Crippen LogP contribution in [-0.4, -0.2) is 46.6 Å². The second kappa shape index (κ2) is 5.24. The predicted octanol–water partition coefficient (Wildman–Crippen LogP) is 2.04. The number of thiazole rings is 1. The number of aromatic carboxylic acids is 1. The molecule has 100 valence electrons. The number of rotatable bonds is 6. The van der Waals surface area contributed by atoms with Gasteiger partial charge in [0.2, 0.25) is 0 Å². The van der Waals surface area contributed by atoms with E-state index >= 15 is 0 Å². The first-order valence-electron chi connectivity index (χ1n) is 6.15. The van der Waals surface area contributed by atoms with Gasteiger partial charge in [0.15, 0.2) is 10.8 Å². The minimum absolute atomic E-state index is 0.158. The predicted molar refractivity (Wildman–Crippen MR) is 72.5 cm³/mol. The summed E-state index contributed by atoms with van der Waals surface area (Å²) in [6.45, 7) is 4.74. The summed E-state index contributed by atoms with van der Waals surface area (Å²) in [5.41, 5.74) is 0.158.